The number of benzene rings is 2. The first-order valence-electron chi connectivity index (χ1n) is 11.1. The zero-order chi connectivity index (χ0) is 22.6. The summed E-state index contributed by atoms with van der Waals surface area (Å²) in [6.07, 6.45) is 5.75. The van der Waals surface area contributed by atoms with Gasteiger partial charge in [-0.05, 0) is 48.6 Å². The molecule has 2 aromatic heterocycles. The molecule has 1 aliphatic rings. The molecule has 7 heteroatoms. The number of carbonyl (C=O) groups excluding carboxylic acids is 1. The highest BCUT2D eigenvalue weighted by Crippen LogP contribution is 2.41. The van der Waals surface area contributed by atoms with Crippen molar-refractivity contribution < 1.29 is 4.79 Å². The minimum Gasteiger partial charge on any atom is -0.349 e. The first-order valence-corrected chi connectivity index (χ1v) is 12.1. The fourth-order valence-electron chi connectivity index (χ4n) is 3.83. The van der Waals surface area contributed by atoms with E-state index >= 15 is 0 Å². The number of hydrogen-bond acceptors (Lipinski definition) is 5. The molecule has 5 rings (SSSR count). The molecule has 1 unspecified atom stereocenters. The second-order valence-corrected chi connectivity index (χ2v) is 9.15. The third kappa shape index (κ3) is 4.98. The quantitative estimate of drug-likeness (QED) is 0.365. The normalized spacial score (nSPS) is 14.1. The molecule has 1 saturated carbocycles. The lowest BCUT2D eigenvalue weighted by molar-refractivity contribution is -0.119. The zero-order valence-electron chi connectivity index (χ0n) is 18.4. The Morgan fingerprint density at radius 1 is 0.970 bits per heavy atom. The lowest BCUT2D eigenvalue weighted by Crippen LogP contribution is -2.28. The molecule has 0 bridgehead atoms. The molecule has 1 amide bonds. The van der Waals surface area contributed by atoms with Gasteiger partial charge in [-0.1, -0.05) is 66.4 Å². The molecule has 1 atom stereocenters. The second-order valence-electron chi connectivity index (χ2n) is 8.21. The Hall–Kier alpha value is -3.45. The fourth-order valence-corrected chi connectivity index (χ4v) is 4.64. The van der Waals surface area contributed by atoms with Crippen LogP contribution in [0, 0.1) is 0 Å². The summed E-state index contributed by atoms with van der Waals surface area (Å²) < 4.78 is 2.17. The number of carbonyl (C=O) groups is 1. The summed E-state index contributed by atoms with van der Waals surface area (Å²) in [5.41, 5.74) is 4.42. The second kappa shape index (κ2) is 9.58. The van der Waals surface area contributed by atoms with Crippen LogP contribution in [-0.4, -0.2) is 31.4 Å². The van der Waals surface area contributed by atoms with Crippen molar-refractivity contribution in [3.05, 3.63) is 84.7 Å². The van der Waals surface area contributed by atoms with Crippen molar-refractivity contribution in [2.45, 2.75) is 37.0 Å². The van der Waals surface area contributed by atoms with Crippen molar-refractivity contribution in [3.8, 4) is 22.5 Å². The van der Waals surface area contributed by atoms with E-state index in [1.165, 1.54) is 17.3 Å². The Morgan fingerprint density at radius 3 is 2.36 bits per heavy atom. The van der Waals surface area contributed by atoms with Gasteiger partial charge in [0.15, 0.2) is 11.0 Å². The number of nitrogens with one attached hydrogen (secondary N) is 1. The van der Waals surface area contributed by atoms with Gasteiger partial charge < -0.3 is 5.32 Å². The summed E-state index contributed by atoms with van der Waals surface area (Å²) in [6, 6.07) is 22.8. The number of rotatable bonds is 8. The molecule has 1 N–H and O–H groups in total. The SMILES string of the molecule is CC(NC(=O)CSc1nnc(-c2ccncc2)n1C1CC1)c1ccc(-c2ccccc2)cc1. The van der Waals surface area contributed by atoms with E-state index in [1.54, 1.807) is 12.4 Å². The van der Waals surface area contributed by atoms with Gasteiger partial charge in [0, 0.05) is 24.0 Å². The minimum atomic E-state index is -0.0726. The molecule has 6 nitrogen and oxygen atoms in total. The third-order valence-electron chi connectivity index (χ3n) is 5.74. The van der Waals surface area contributed by atoms with Crippen LogP contribution in [0.2, 0.25) is 0 Å². The summed E-state index contributed by atoms with van der Waals surface area (Å²) in [7, 11) is 0. The van der Waals surface area contributed by atoms with Gasteiger partial charge in [0.25, 0.3) is 0 Å². The van der Waals surface area contributed by atoms with Crippen LogP contribution in [0.1, 0.15) is 37.4 Å². The Kier molecular flexibility index (Phi) is 6.21. The lowest BCUT2D eigenvalue weighted by atomic mass is 10.0. The van der Waals surface area contributed by atoms with Crippen LogP contribution in [0.5, 0.6) is 0 Å². The highest BCUT2D eigenvalue weighted by Gasteiger charge is 2.30. The summed E-state index contributed by atoms with van der Waals surface area (Å²) in [5, 5.41) is 12.7. The number of hydrogen-bond donors (Lipinski definition) is 1. The number of nitrogens with zero attached hydrogens (tertiary/aromatic N) is 4. The van der Waals surface area contributed by atoms with E-state index in [4.69, 9.17) is 0 Å². The highest BCUT2D eigenvalue weighted by molar-refractivity contribution is 7.99. The van der Waals surface area contributed by atoms with Gasteiger partial charge in [-0.25, -0.2) is 0 Å². The van der Waals surface area contributed by atoms with Gasteiger partial charge in [-0.3, -0.25) is 14.3 Å². The van der Waals surface area contributed by atoms with E-state index in [-0.39, 0.29) is 11.9 Å². The molecule has 1 aliphatic carbocycles. The van der Waals surface area contributed by atoms with E-state index in [9.17, 15) is 4.79 Å². The molecule has 0 spiro atoms. The molecule has 33 heavy (non-hydrogen) atoms. The predicted octanol–water partition coefficient (Wildman–Crippen LogP) is 5.31. The average molecular weight is 456 g/mol. The molecule has 2 heterocycles. The lowest BCUT2D eigenvalue weighted by Gasteiger charge is -2.15. The Morgan fingerprint density at radius 2 is 1.67 bits per heavy atom. The number of amides is 1. The van der Waals surface area contributed by atoms with E-state index in [2.05, 4.69) is 61.5 Å². The van der Waals surface area contributed by atoms with Crippen LogP contribution in [0.4, 0.5) is 0 Å². The molecular weight excluding hydrogens is 430 g/mol. The van der Waals surface area contributed by atoms with Gasteiger partial charge in [0.2, 0.25) is 5.91 Å². The van der Waals surface area contributed by atoms with E-state index in [0.29, 0.717) is 11.8 Å². The van der Waals surface area contributed by atoms with Gasteiger partial charge >= 0.3 is 0 Å². The predicted molar refractivity (Wildman–Crippen MR) is 131 cm³/mol. The maximum atomic E-state index is 12.7. The van der Waals surface area contributed by atoms with Crippen LogP contribution in [-0.2, 0) is 4.79 Å². The van der Waals surface area contributed by atoms with Crippen molar-refractivity contribution in [1.29, 1.82) is 0 Å². The van der Waals surface area contributed by atoms with Gasteiger partial charge in [0.05, 0.1) is 11.8 Å². The van der Waals surface area contributed by atoms with Crippen molar-refractivity contribution in [2.75, 3.05) is 5.75 Å². The largest absolute Gasteiger partial charge is 0.349 e. The Bertz CT molecular complexity index is 1220. The zero-order valence-corrected chi connectivity index (χ0v) is 19.2. The van der Waals surface area contributed by atoms with E-state index in [0.717, 1.165) is 40.5 Å². The molecule has 4 aromatic rings. The van der Waals surface area contributed by atoms with Gasteiger partial charge in [-0.15, -0.1) is 10.2 Å². The van der Waals surface area contributed by atoms with Gasteiger partial charge in [0.1, 0.15) is 0 Å². The van der Waals surface area contributed by atoms with E-state index in [1.807, 2.05) is 37.3 Å². The molecule has 0 saturated heterocycles. The van der Waals surface area contributed by atoms with Crippen molar-refractivity contribution in [2.24, 2.45) is 0 Å². The summed E-state index contributed by atoms with van der Waals surface area (Å²) in [5.74, 6) is 1.12. The fraction of sp³-hybridized carbons (Fsp3) is 0.231. The minimum absolute atomic E-state index is 0.0181. The summed E-state index contributed by atoms with van der Waals surface area (Å²) >= 11 is 1.44. The number of thioether (sulfide) groups is 1. The first-order chi connectivity index (χ1) is 16.2. The molecular formula is C26H25N5OS. The number of aromatic nitrogens is 4. The van der Waals surface area contributed by atoms with Crippen molar-refractivity contribution >= 4 is 17.7 Å². The standard InChI is InChI=1S/C26H25N5OS/c1-18(19-7-9-21(10-8-19)20-5-3-2-4-6-20)28-24(32)17-33-26-30-29-25(31(26)23-11-12-23)22-13-15-27-16-14-22/h2-10,13-16,18,23H,11-12,17H2,1H3,(H,28,32). The third-order valence-corrected chi connectivity index (χ3v) is 6.69. The van der Waals surface area contributed by atoms with Crippen LogP contribution in [0.25, 0.3) is 22.5 Å². The highest BCUT2D eigenvalue weighted by atomic mass is 32.2. The van der Waals surface area contributed by atoms with Crippen LogP contribution in [0.15, 0.2) is 84.3 Å². The van der Waals surface area contributed by atoms with Crippen LogP contribution < -0.4 is 5.32 Å². The monoisotopic (exact) mass is 455 g/mol. The van der Waals surface area contributed by atoms with E-state index < -0.39 is 0 Å². The average Bonchev–Trinajstić information content (AvgIpc) is 3.62. The summed E-state index contributed by atoms with van der Waals surface area (Å²) in [6.45, 7) is 2.01. The van der Waals surface area contributed by atoms with Crippen LogP contribution >= 0.6 is 11.8 Å². The van der Waals surface area contributed by atoms with Crippen LogP contribution in [0.3, 0.4) is 0 Å². The molecule has 2 aromatic carbocycles. The Balaban J connectivity index is 1.21. The molecule has 166 valence electrons. The number of pyridine rings is 1. The smallest absolute Gasteiger partial charge is 0.230 e. The topological polar surface area (TPSA) is 72.7 Å². The molecule has 0 radical (unpaired) electrons. The molecule has 0 aliphatic heterocycles. The first kappa shape index (κ1) is 21.4. The summed E-state index contributed by atoms with van der Waals surface area (Å²) in [4.78, 5) is 16.7. The Labute approximate surface area is 197 Å². The molecule has 1 fully saturated rings. The maximum absolute atomic E-state index is 12.7. The van der Waals surface area contributed by atoms with Gasteiger partial charge in [-0.2, -0.15) is 0 Å². The maximum Gasteiger partial charge on any atom is 0.230 e. The van der Waals surface area contributed by atoms with Crippen molar-refractivity contribution in [1.82, 2.24) is 25.1 Å². The van der Waals surface area contributed by atoms with Crippen molar-refractivity contribution in [3.63, 3.8) is 0 Å².